The third-order valence-corrected chi connectivity index (χ3v) is 2.68. The lowest BCUT2D eigenvalue weighted by atomic mass is 10.2. The highest BCUT2D eigenvalue weighted by atomic mass is 16.4. The van der Waals surface area contributed by atoms with E-state index in [2.05, 4.69) is 0 Å². The summed E-state index contributed by atoms with van der Waals surface area (Å²) in [4.78, 5) is 25.6. The number of hydrogen-bond acceptors (Lipinski definition) is 3. The van der Waals surface area contributed by atoms with Crippen molar-refractivity contribution in [1.29, 1.82) is 0 Å². The Balaban J connectivity index is 2.93. The molecule has 0 fully saturated rings. The molecule has 19 heavy (non-hydrogen) atoms. The molecule has 0 spiro atoms. The van der Waals surface area contributed by atoms with E-state index in [1.165, 1.54) is 29.0 Å². The van der Waals surface area contributed by atoms with Crippen molar-refractivity contribution >= 4 is 17.7 Å². The summed E-state index contributed by atoms with van der Waals surface area (Å²) in [6.45, 7) is 3.13. The fraction of sp³-hybridized carbons (Fsp3) is 0.385. The minimum atomic E-state index is -1.06. The van der Waals surface area contributed by atoms with Crippen LogP contribution >= 0.6 is 0 Å². The first-order valence-electron chi connectivity index (χ1n) is 5.88. The average Bonchev–Trinajstić information content (AvgIpc) is 2.33. The Hall–Kier alpha value is -2.24. The molecule has 2 N–H and O–H groups in total. The predicted molar refractivity (Wildman–Crippen MR) is 71.4 cm³/mol. The number of aromatic hydroxyl groups is 1. The van der Waals surface area contributed by atoms with Gasteiger partial charge in [-0.1, -0.05) is 6.07 Å². The third-order valence-electron chi connectivity index (χ3n) is 2.68. The molecule has 1 aromatic rings. The van der Waals surface area contributed by atoms with Gasteiger partial charge in [0, 0.05) is 24.8 Å². The van der Waals surface area contributed by atoms with E-state index >= 15 is 0 Å². The number of carboxylic acid groups (broad SMARTS) is 1. The maximum Gasteiger partial charge on any atom is 0.324 e. The highest BCUT2D eigenvalue weighted by molar-refractivity contribution is 5.93. The Bertz CT molecular complexity index is 473. The van der Waals surface area contributed by atoms with Crippen LogP contribution in [0.1, 0.15) is 13.8 Å². The van der Waals surface area contributed by atoms with E-state index in [-0.39, 0.29) is 18.3 Å². The Kier molecular flexibility index (Phi) is 4.74. The molecule has 2 amide bonds. The summed E-state index contributed by atoms with van der Waals surface area (Å²) in [7, 11) is 1.54. The molecule has 0 heterocycles. The van der Waals surface area contributed by atoms with Crippen molar-refractivity contribution in [2.75, 3.05) is 18.5 Å². The van der Waals surface area contributed by atoms with E-state index < -0.39 is 12.0 Å². The van der Waals surface area contributed by atoms with Gasteiger partial charge in [-0.25, -0.2) is 4.79 Å². The molecule has 0 unspecified atom stereocenters. The minimum Gasteiger partial charge on any atom is -0.508 e. The van der Waals surface area contributed by atoms with E-state index in [1.54, 1.807) is 26.0 Å². The van der Waals surface area contributed by atoms with E-state index in [0.29, 0.717) is 5.69 Å². The summed E-state index contributed by atoms with van der Waals surface area (Å²) in [5, 5.41) is 18.2. The molecule has 0 bridgehead atoms. The number of aliphatic carboxylic acids is 1. The van der Waals surface area contributed by atoms with Gasteiger partial charge in [-0.3, -0.25) is 9.69 Å². The van der Waals surface area contributed by atoms with Crippen molar-refractivity contribution in [3.8, 4) is 5.75 Å². The van der Waals surface area contributed by atoms with Crippen LogP contribution in [0.25, 0.3) is 0 Å². The number of phenolic OH excluding ortho intramolecular Hbond substituents is 1. The quantitative estimate of drug-likeness (QED) is 0.869. The van der Waals surface area contributed by atoms with Gasteiger partial charge < -0.3 is 15.1 Å². The smallest absolute Gasteiger partial charge is 0.324 e. The maximum atomic E-state index is 12.2. The lowest BCUT2D eigenvalue weighted by molar-refractivity contribution is -0.137. The summed E-state index contributed by atoms with van der Waals surface area (Å²) in [6, 6.07) is 5.56. The van der Waals surface area contributed by atoms with Crippen LogP contribution in [0.4, 0.5) is 10.5 Å². The summed E-state index contributed by atoms with van der Waals surface area (Å²) in [6.07, 6.45) is 0. The second-order valence-electron chi connectivity index (χ2n) is 4.48. The molecular weight excluding hydrogens is 248 g/mol. The van der Waals surface area contributed by atoms with Crippen molar-refractivity contribution in [2.45, 2.75) is 19.9 Å². The van der Waals surface area contributed by atoms with E-state index in [9.17, 15) is 14.7 Å². The van der Waals surface area contributed by atoms with Crippen molar-refractivity contribution in [1.82, 2.24) is 4.90 Å². The number of rotatable bonds is 4. The molecule has 0 saturated heterocycles. The van der Waals surface area contributed by atoms with Gasteiger partial charge in [0.15, 0.2) is 0 Å². The van der Waals surface area contributed by atoms with E-state index in [0.717, 1.165) is 0 Å². The van der Waals surface area contributed by atoms with Gasteiger partial charge in [-0.15, -0.1) is 0 Å². The molecule has 0 aliphatic heterocycles. The first-order valence-corrected chi connectivity index (χ1v) is 5.88. The number of hydrogen-bond donors (Lipinski definition) is 2. The van der Waals surface area contributed by atoms with Gasteiger partial charge >= 0.3 is 12.0 Å². The average molecular weight is 266 g/mol. The molecule has 0 aliphatic carbocycles. The van der Waals surface area contributed by atoms with Crippen LogP contribution in [0.2, 0.25) is 0 Å². The largest absolute Gasteiger partial charge is 0.508 e. The van der Waals surface area contributed by atoms with Gasteiger partial charge in [0.05, 0.1) is 0 Å². The molecule has 0 aromatic heterocycles. The number of carbonyl (C=O) groups is 2. The summed E-state index contributed by atoms with van der Waals surface area (Å²) >= 11 is 0. The Morgan fingerprint density at radius 1 is 1.32 bits per heavy atom. The van der Waals surface area contributed by atoms with Crippen molar-refractivity contribution in [3.63, 3.8) is 0 Å². The number of phenols is 1. The number of carboxylic acids is 1. The molecular formula is C13H18N2O4. The van der Waals surface area contributed by atoms with Gasteiger partial charge in [-0.2, -0.15) is 0 Å². The highest BCUT2D eigenvalue weighted by Gasteiger charge is 2.23. The van der Waals surface area contributed by atoms with Gasteiger partial charge in [0.1, 0.15) is 12.3 Å². The van der Waals surface area contributed by atoms with Gasteiger partial charge in [-0.05, 0) is 26.0 Å². The number of amides is 2. The summed E-state index contributed by atoms with van der Waals surface area (Å²) in [5.74, 6) is -1.02. The lowest BCUT2D eigenvalue weighted by Crippen LogP contribution is -2.47. The normalized spacial score (nSPS) is 10.3. The van der Waals surface area contributed by atoms with Crippen LogP contribution in [0.3, 0.4) is 0 Å². The number of carbonyl (C=O) groups excluding carboxylic acids is 1. The molecule has 1 aromatic carbocycles. The molecule has 6 nitrogen and oxygen atoms in total. The predicted octanol–water partition coefficient (Wildman–Crippen LogP) is 1.74. The summed E-state index contributed by atoms with van der Waals surface area (Å²) in [5.41, 5.74) is 0.501. The van der Waals surface area contributed by atoms with Crippen LogP contribution in [0.15, 0.2) is 24.3 Å². The second-order valence-corrected chi connectivity index (χ2v) is 4.48. The molecule has 1 rings (SSSR count). The lowest BCUT2D eigenvalue weighted by Gasteiger charge is -2.30. The summed E-state index contributed by atoms with van der Waals surface area (Å²) < 4.78 is 0. The van der Waals surface area contributed by atoms with Gasteiger partial charge in [0.25, 0.3) is 0 Å². The van der Waals surface area contributed by atoms with Crippen LogP contribution in [-0.4, -0.2) is 46.7 Å². The Morgan fingerprint density at radius 2 is 1.95 bits per heavy atom. The Morgan fingerprint density at radius 3 is 2.42 bits per heavy atom. The van der Waals surface area contributed by atoms with Crippen molar-refractivity contribution in [3.05, 3.63) is 24.3 Å². The first kappa shape index (κ1) is 14.8. The van der Waals surface area contributed by atoms with Crippen molar-refractivity contribution in [2.24, 2.45) is 0 Å². The monoisotopic (exact) mass is 266 g/mol. The molecule has 104 valence electrons. The molecule has 0 aliphatic rings. The zero-order valence-electron chi connectivity index (χ0n) is 11.2. The minimum absolute atomic E-state index is 0.0477. The number of anilines is 1. The molecule has 0 radical (unpaired) electrons. The van der Waals surface area contributed by atoms with E-state index in [4.69, 9.17) is 5.11 Å². The molecule has 0 saturated carbocycles. The third kappa shape index (κ3) is 3.87. The van der Waals surface area contributed by atoms with Crippen LogP contribution in [0.5, 0.6) is 5.75 Å². The topological polar surface area (TPSA) is 81.1 Å². The number of urea groups is 1. The zero-order valence-corrected chi connectivity index (χ0v) is 11.2. The SMILES string of the molecule is CC(C)N(CC(=O)O)C(=O)N(C)c1cccc(O)c1. The fourth-order valence-corrected chi connectivity index (χ4v) is 1.62. The second kappa shape index (κ2) is 6.08. The van der Waals surface area contributed by atoms with Crippen LogP contribution in [-0.2, 0) is 4.79 Å². The van der Waals surface area contributed by atoms with Crippen molar-refractivity contribution < 1.29 is 19.8 Å². The highest BCUT2D eigenvalue weighted by Crippen LogP contribution is 2.20. The molecule has 0 atom stereocenters. The first-order chi connectivity index (χ1) is 8.82. The zero-order chi connectivity index (χ0) is 14.6. The number of benzene rings is 1. The van der Waals surface area contributed by atoms with Gasteiger partial charge in [0.2, 0.25) is 0 Å². The van der Waals surface area contributed by atoms with Crippen LogP contribution < -0.4 is 4.90 Å². The molecule has 6 heteroatoms. The van der Waals surface area contributed by atoms with Crippen LogP contribution in [0, 0.1) is 0 Å². The van der Waals surface area contributed by atoms with E-state index in [1.807, 2.05) is 0 Å². The Labute approximate surface area is 111 Å². The fourth-order valence-electron chi connectivity index (χ4n) is 1.62. The number of nitrogens with zero attached hydrogens (tertiary/aromatic N) is 2. The standard InChI is InChI=1S/C13H18N2O4/c1-9(2)15(8-12(17)18)13(19)14(3)10-5-4-6-11(16)7-10/h4-7,9,16H,8H2,1-3H3,(H,17,18). The maximum absolute atomic E-state index is 12.2.